The first-order valence-corrected chi connectivity index (χ1v) is 11.2. The maximum absolute atomic E-state index is 11.3. The highest BCUT2D eigenvalue weighted by molar-refractivity contribution is 5.80. The molecule has 6 heteroatoms. The molecule has 0 aromatic heterocycles. The predicted octanol–water partition coefficient (Wildman–Crippen LogP) is 2.98. The minimum Gasteiger partial charge on any atom is -0.372 e. The van der Waals surface area contributed by atoms with Gasteiger partial charge in [0, 0.05) is 44.8 Å². The number of primary amides is 1. The van der Waals surface area contributed by atoms with Crippen LogP contribution in [0.3, 0.4) is 0 Å². The molecule has 3 N–H and O–H groups in total. The van der Waals surface area contributed by atoms with E-state index >= 15 is 0 Å². The molecule has 160 valence electrons. The Morgan fingerprint density at radius 2 is 1.90 bits per heavy atom. The first-order chi connectivity index (χ1) is 14.0. The molecule has 6 nitrogen and oxygen atoms in total. The molecule has 0 radical (unpaired) electrons. The molecule has 0 saturated carbocycles. The van der Waals surface area contributed by atoms with Gasteiger partial charge in [0.25, 0.3) is 0 Å². The SMILES string of the molecule is CCNC(=NCc1ccc(N2CCC(C)CC2)cc1)N1CCCC(CC(N)=O)C1. The van der Waals surface area contributed by atoms with Gasteiger partial charge in [0.05, 0.1) is 6.54 Å². The van der Waals surface area contributed by atoms with Gasteiger partial charge in [-0.25, -0.2) is 4.99 Å². The van der Waals surface area contributed by atoms with E-state index in [-0.39, 0.29) is 5.91 Å². The molecule has 2 saturated heterocycles. The zero-order chi connectivity index (χ0) is 20.6. The standard InChI is InChI=1S/C23H37N5O/c1-3-25-23(28-12-4-5-20(17-28)15-22(24)29)26-16-19-6-8-21(9-7-19)27-13-10-18(2)11-14-27/h6-9,18,20H,3-5,10-17H2,1-2H3,(H2,24,29)(H,25,26). The van der Waals surface area contributed by atoms with Gasteiger partial charge in [-0.15, -0.1) is 0 Å². The minimum atomic E-state index is -0.206. The molecule has 1 aromatic carbocycles. The number of nitrogens with zero attached hydrogens (tertiary/aromatic N) is 3. The second kappa shape index (κ2) is 10.5. The van der Waals surface area contributed by atoms with Crippen LogP contribution in [0.1, 0.15) is 51.5 Å². The summed E-state index contributed by atoms with van der Waals surface area (Å²) in [7, 11) is 0. The van der Waals surface area contributed by atoms with Crippen molar-refractivity contribution in [3.8, 4) is 0 Å². The van der Waals surface area contributed by atoms with Crippen LogP contribution in [0, 0.1) is 11.8 Å². The van der Waals surface area contributed by atoms with Gasteiger partial charge in [0.1, 0.15) is 0 Å². The summed E-state index contributed by atoms with van der Waals surface area (Å²) in [6, 6.07) is 8.87. The summed E-state index contributed by atoms with van der Waals surface area (Å²) in [5.74, 6) is 1.91. The first-order valence-electron chi connectivity index (χ1n) is 11.2. The molecular weight excluding hydrogens is 362 g/mol. The average Bonchev–Trinajstić information content (AvgIpc) is 2.72. The molecule has 0 aliphatic carbocycles. The van der Waals surface area contributed by atoms with E-state index in [1.165, 1.54) is 24.1 Å². The van der Waals surface area contributed by atoms with Crippen LogP contribution in [0.25, 0.3) is 0 Å². The number of hydrogen-bond donors (Lipinski definition) is 2. The molecule has 1 aromatic rings. The van der Waals surface area contributed by atoms with Crippen LogP contribution in [0.2, 0.25) is 0 Å². The van der Waals surface area contributed by atoms with Crippen LogP contribution in [-0.2, 0) is 11.3 Å². The normalized spacial score (nSPS) is 21.3. The average molecular weight is 400 g/mol. The highest BCUT2D eigenvalue weighted by atomic mass is 16.1. The number of amides is 1. The van der Waals surface area contributed by atoms with Gasteiger partial charge in [-0.2, -0.15) is 0 Å². The number of nitrogens with two attached hydrogens (primary N) is 1. The van der Waals surface area contributed by atoms with Crippen LogP contribution in [0.5, 0.6) is 0 Å². The number of nitrogens with one attached hydrogen (secondary N) is 1. The number of benzene rings is 1. The van der Waals surface area contributed by atoms with Crippen molar-refractivity contribution in [2.45, 2.75) is 52.5 Å². The number of hydrogen-bond acceptors (Lipinski definition) is 3. The van der Waals surface area contributed by atoms with Crippen LogP contribution >= 0.6 is 0 Å². The van der Waals surface area contributed by atoms with E-state index in [1.54, 1.807) is 0 Å². The topological polar surface area (TPSA) is 74.0 Å². The summed E-state index contributed by atoms with van der Waals surface area (Å²) < 4.78 is 0. The van der Waals surface area contributed by atoms with Gasteiger partial charge in [0.2, 0.25) is 5.91 Å². The Labute approximate surface area is 175 Å². The number of carbonyl (C=O) groups excluding carboxylic acids is 1. The third kappa shape index (κ3) is 6.38. The number of aliphatic imine (C=N–C) groups is 1. The van der Waals surface area contributed by atoms with E-state index in [9.17, 15) is 4.79 Å². The predicted molar refractivity (Wildman–Crippen MR) is 120 cm³/mol. The zero-order valence-electron chi connectivity index (χ0n) is 18.1. The van der Waals surface area contributed by atoms with Crippen molar-refractivity contribution in [1.82, 2.24) is 10.2 Å². The fourth-order valence-corrected chi connectivity index (χ4v) is 4.38. The highest BCUT2D eigenvalue weighted by Crippen LogP contribution is 2.23. The van der Waals surface area contributed by atoms with E-state index in [1.807, 2.05) is 0 Å². The maximum atomic E-state index is 11.3. The molecule has 2 fully saturated rings. The molecule has 1 amide bonds. The van der Waals surface area contributed by atoms with E-state index in [0.717, 1.165) is 57.4 Å². The van der Waals surface area contributed by atoms with Crippen molar-refractivity contribution in [1.29, 1.82) is 0 Å². The highest BCUT2D eigenvalue weighted by Gasteiger charge is 2.23. The van der Waals surface area contributed by atoms with E-state index in [0.29, 0.717) is 18.9 Å². The largest absolute Gasteiger partial charge is 0.372 e. The number of guanidine groups is 1. The molecule has 2 aliphatic rings. The molecule has 2 aliphatic heterocycles. The summed E-state index contributed by atoms with van der Waals surface area (Å²) in [5.41, 5.74) is 7.95. The molecule has 3 rings (SSSR count). The molecule has 0 spiro atoms. The molecule has 1 unspecified atom stereocenters. The van der Waals surface area contributed by atoms with Crippen LogP contribution in [0.15, 0.2) is 29.3 Å². The Balaban J connectivity index is 1.60. The minimum absolute atomic E-state index is 0.206. The molecule has 0 bridgehead atoms. The molecular formula is C23H37N5O. The quantitative estimate of drug-likeness (QED) is 0.570. The second-order valence-corrected chi connectivity index (χ2v) is 8.63. The third-order valence-corrected chi connectivity index (χ3v) is 6.14. The Kier molecular flexibility index (Phi) is 7.78. The summed E-state index contributed by atoms with van der Waals surface area (Å²) in [6.45, 7) is 10.1. The fourth-order valence-electron chi connectivity index (χ4n) is 4.38. The van der Waals surface area contributed by atoms with Gasteiger partial charge < -0.3 is 20.9 Å². The van der Waals surface area contributed by atoms with Crippen LogP contribution in [0.4, 0.5) is 5.69 Å². The molecule has 1 atom stereocenters. The van der Waals surface area contributed by atoms with Crippen LogP contribution < -0.4 is 16.0 Å². The van der Waals surface area contributed by atoms with Gasteiger partial charge in [-0.3, -0.25) is 4.79 Å². The van der Waals surface area contributed by atoms with Gasteiger partial charge in [-0.05, 0) is 62.1 Å². The van der Waals surface area contributed by atoms with Crippen molar-refractivity contribution in [2.75, 3.05) is 37.6 Å². The van der Waals surface area contributed by atoms with Crippen molar-refractivity contribution < 1.29 is 4.79 Å². The lowest BCUT2D eigenvalue weighted by Gasteiger charge is -2.34. The van der Waals surface area contributed by atoms with Crippen LogP contribution in [-0.4, -0.2) is 49.5 Å². The maximum Gasteiger partial charge on any atom is 0.217 e. The summed E-state index contributed by atoms with van der Waals surface area (Å²) in [6.07, 6.45) is 5.17. The Morgan fingerprint density at radius 1 is 1.17 bits per heavy atom. The summed E-state index contributed by atoms with van der Waals surface area (Å²) >= 11 is 0. The van der Waals surface area contributed by atoms with E-state index in [4.69, 9.17) is 10.7 Å². The second-order valence-electron chi connectivity index (χ2n) is 8.63. The zero-order valence-corrected chi connectivity index (χ0v) is 18.1. The lowest BCUT2D eigenvalue weighted by Crippen LogP contribution is -2.47. The van der Waals surface area contributed by atoms with Crippen molar-refractivity contribution >= 4 is 17.6 Å². The Hall–Kier alpha value is -2.24. The Bertz CT molecular complexity index is 679. The first kappa shape index (κ1) is 21.5. The fraction of sp³-hybridized carbons (Fsp3) is 0.652. The Morgan fingerprint density at radius 3 is 2.55 bits per heavy atom. The van der Waals surface area contributed by atoms with Crippen molar-refractivity contribution in [3.05, 3.63) is 29.8 Å². The monoisotopic (exact) mass is 399 g/mol. The molecule has 29 heavy (non-hydrogen) atoms. The number of anilines is 1. The smallest absolute Gasteiger partial charge is 0.217 e. The summed E-state index contributed by atoms with van der Waals surface area (Å²) in [5, 5.41) is 3.42. The van der Waals surface area contributed by atoms with Crippen molar-refractivity contribution in [2.24, 2.45) is 22.6 Å². The van der Waals surface area contributed by atoms with E-state index < -0.39 is 0 Å². The number of rotatable bonds is 6. The lowest BCUT2D eigenvalue weighted by atomic mass is 9.95. The molecule has 2 heterocycles. The lowest BCUT2D eigenvalue weighted by molar-refractivity contribution is -0.119. The van der Waals surface area contributed by atoms with Gasteiger partial charge in [0.15, 0.2) is 5.96 Å². The number of carbonyl (C=O) groups is 1. The van der Waals surface area contributed by atoms with Gasteiger partial charge >= 0.3 is 0 Å². The number of piperidine rings is 2. The summed E-state index contributed by atoms with van der Waals surface area (Å²) in [4.78, 5) is 20.9. The third-order valence-electron chi connectivity index (χ3n) is 6.14. The number of likely N-dealkylation sites (tertiary alicyclic amines) is 1. The van der Waals surface area contributed by atoms with Crippen molar-refractivity contribution in [3.63, 3.8) is 0 Å². The van der Waals surface area contributed by atoms with Gasteiger partial charge in [-0.1, -0.05) is 19.1 Å². The van der Waals surface area contributed by atoms with E-state index in [2.05, 4.69) is 53.2 Å².